The minimum Gasteiger partial charge on any atom is -0.478 e. The van der Waals surface area contributed by atoms with Gasteiger partial charge in [-0.1, -0.05) is 63.4 Å². The number of likely N-dealkylation sites (N-methyl/N-ethyl adjacent to an activating group) is 1. The molecule has 6 heteroatoms. The minimum absolute atomic E-state index is 0.340. The molecular weight excluding hydrogens is 368 g/mol. The van der Waals surface area contributed by atoms with Crippen LogP contribution in [0.25, 0.3) is 0 Å². The Kier molecular flexibility index (Phi) is 11.9. The van der Waals surface area contributed by atoms with Crippen molar-refractivity contribution in [3.63, 3.8) is 0 Å². The normalized spacial score (nSPS) is 15.7. The Hall–Kier alpha value is -2.18. The summed E-state index contributed by atoms with van der Waals surface area (Å²) in [6.45, 7) is 9.11. The molecule has 3 N–H and O–H groups in total. The topological polar surface area (TPSA) is 89.9 Å². The lowest BCUT2D eigenvalue weighted by Gasteiger charge is -2.39. The largest absolute Gasteiger partial charge is 0.478 e. The predicted molar refractivity (Wildman–Crippen MR) is 116 cm³/mol. The highest BCUT2D eigenvalue weighted by molar-refractivity contribution is 5.89. The van der Waals surface area contributed by atoms with Crippen molar-refractivity contribution in [3.8, 4) is 0 Å². The number of benzene rings is 1. The molecule has 1 aromatic rings. The molecule has 0 saturated heterocycles. The number of aliphatic carboxylic acids is 2. The highest BCUT2D eigenvalue weighted by atomic mass is 16.4. The summed E-state index contributed by atoms with van der Waals surface area (Å²) < 4.78 is 0. The first kappa shape index (κ1) is 24.9. The average Bonchev–Trinajstić information content (AvgIpc) is 2.72. The van der Waals surface area contributed by atoms with Crippen molar-refractivity contribution in [1.82, 2.24) is 10.2 Å². The fourth-order valence-corrected chi connectivity index (χ4v) is 3.79. The summed E-state index contributed by atoms with van der Waals surface area (Å²) in [6.07, 6.45) is 9.14. The van der Waals surface area contributed by atoms with Crippen LogP contribution in [0.15, 0.2) is 42.5 Å². The molecular formula is C23H36N2O4. The predicted octanol–water partition coefficient (Wildman–Crippen LogP) is 3.58. The standard InChI is InChI=1S/C19H32N2.C4H4O4/c1-3-21(4-2)16-15-20-19(13-9-6-10-14-19)17-18-11-7-5-8-12-18;5-3(6)1-2-4(7)8/h5,7-8,11-12,20H,3-4,6,9-10,13-17H2,1-2H3;1-2H,(H,5,6)(H,7,8)/b;2-1-. The van der Waals surface area contributed by atoms with Gasteiger partial charge in [0, 0.05) is 30.8 Å². The van der Waals surface area contributed by atoms with E-state index in [1.807, 2.05) is 0 Å². The van der Waals surface area contributed by atoms with Crippen molar-refractivity contribution in [1.29, 1.82) is 0 Å². The fraction of sp³-hybridized carbons (Fsp3) is 0.565. The summed E-state index contributed by atoms with van der Waals surface area (Å²) in [7, 11) is 0. The zero-order valence-electron chi connectivity index (χ0n) is 17.8. The van der Waals surface area contributed by atoms with E-state index in [1.165, 1.54) is 50.6 Å². The molecule has 0 amide bonds. The fourth-order valence-electron chi connectivity index (χ4n) is 3.79. The van der Waals surface area contributed by atoms with Gasteiger partial charge in [0.15, 0.2) is 0 Å². The monoisotopic (exact) mass is 404 g/mol. The van der Waals surface area contributed by atoms with E-state index < -0.39 is 11.9 Å². The minimum atomic E-state index is -1.26. The number of nitrogens with one attached hydrogen (secondary N) is 1. The van der Waals surface area contributed by atoms with Gasteiger partial charge in [-0.05, 0) is 37.9 Å². The van der Waals surface area contributed by atoms with Crippen LogP contribution in [0.2, 0.25) is 0 Å². The Bertz CT molecular complexity index is 605. The first-order valence-electron chi connectivity index (χ1n) is 10.6. The molecule has 0 aliphatic heterocycles. The van der Waals surface area contributed by atoms with E-state index in [0.29, 0.717) is 17.7 Å². The van der Waals surface area contributed by atoms with Crippen LogP contribution >= 0.6 is 0 Å². The molecule has 0 spiro atoms. The van der Waals surface area contributed by atoms with Crippen LogP contribution in [0.4, 0.5) is 0 Å². The van der Waals surface area contributed by atoms with Crippen LogP contribution < -0.4 is 5.32 Å². The molecule has 1 fully saturated rings. The molecule has 29 heavy (non-hydrogen) atoms. The molecule has 6 nitrogen and oxygen atoms in total. The van der Waals surface area contributed by atoms with Crippen molar-refractivity contribution in [2.45, 2.75) is 57.9 Å². The van der Waals surface area contributed by atoms with Gasteiger partial charge in [0.2, 0.25) is 0 Å². The maximum Gasteiger partial charge on any atom is 0.328 e. The van der Waals surface area contributed by atoms with Crippen LogP contribution in [0.5, 0.6) is 0 Å². The van der Waals surface area contributed by atoms with Crippen LogP contribution in [-0.4, -0.2) is 58.8 Å². The van der Waals surface area contributed by atoms with E-state index in [-0.39, 0.29) is 0 Å². The van der Waals surface area contributed by atoms with Crippen LogP contribution in [0, 0.1) is 0 Å². The van der Waals surface area contributed by atoms with Gasteiger partial charge in [-0.3, -0.25) is 0 Å². The van der Waals surface area contributed by atoms with E-state index in [9.17, 15) is 9.59 Å². The number of hydrogen-bond donors (Lipinski definition) is 3. The van der Waals surface area contributed by atoms with Gasteiger partial charge in [0.1, 0.15) is 0 Å². The molecule has 1 aliphatic carbocycles. The van der Waals surface area contributed by atoms with Gasteiger partial charge in [0.05, 0.1) is 0 Å². The third kappa shape index (κ3) is 10.8. The quantitative estimate of drug-likeness (QED) is 0.517. The molecule has 162 valence electrons. The van der Waals surface area contributed by atoms with Crippen molar-refractivity contribution in [3.05, 3.63) is 48.0 Å². The number of hydrogen-bond acceptors (Lipinski definition) is 4. The lowest BCUT2D eigenvalue weighted by molar-refractivity contribution is -0.134. The Morgan fingerprint density at radius 2 is 1.55 bits per heavy atom. The van der Waals surface area contributed by atoms with Gasteiger partial charge >= 0.3 is 11.9 Å². The highest BCUT2D eigenvalue weighted by Gasteiger charge is 2.31. The smallest absolute Gasteiger partial charge is 0.328 e. The molecule has 0 heterocycles. The molecule has 1 aliphatic rings. The SMILES string of the molecule is CCN(CC)CCNC1(Cc2ccccc2)CCCCC1.O=C(O)/C=C\C(=O)O. The van der Waals surface area contributed by atoms with Crippen molar-refractivity contribution in [2.24, 2.45) is 0 Å². The van der Waals surface area contributed by atoms with Gasteiger partial charge < -0.3 is 20.4 Å². The molecule has 0 atom stereocenters. The average molecular weight is 405 g/mol. The number of carbonyl (C=O) groups is 2. The third-order valence-corrected chi connectivity index (χ3v) is 5.39. The second kappa shape index (κ2) is 13.9. The number of nitrogens with zero attached hydrogens (tertiary/aromatic N) is 1. The first-order valence-corrected chi connectivity index (χ1v) is 10.6. The lowest BCUT2D eigenvalue weighted by Crippen LogP contribution is -2.50. The summed E-state index contributed by atoms with van der Waals surface area (Å²) in [5.74, 6) is -2.51. The Morgan fingerprint density at radius 3 is 2.03 bits per heavy atom. The highest BCUT2D eigenvalue weighted by Crippen LogP contribution is 2.31. The maximum absolute atomic E-state index is 9.55. The Balaban J connectivity index is 0.000000447. The second-order valence-corrected chi connectivity index (χ2v) is 7.47. The van der Waals surface area contributed by atoms with Gasteiger partial charge in [-0.25, -0.2) is 9.59 Å². The Labute approximate surface area is 174 Å². The zero-order valence-corrected chi connectivity index (χ0v) is 17.8. The molecule has 0 radical (unpaired) electrons. The zero-order chi connectivity index (χ0) is 21.5. The van der Waals surface area contributed by atoms with Gasteiger partial charge in [0.25, 0.3) is 0 Å². The van der Waals surface area contributed by atoms with Crippen LogP contribution in [-0.2, 0) is 16.0 Å². The van der Waals surface area contributed by atoms with Gasteiger partial charge in [-0.2, -0.15) is 0 Å². The van der Waals surface area contributed by atoms with E-state index >= 15 is 0 Å². The van der Waals surface area contributed by atoms with Crippen molar-refractivity contribution < 1.29 is 19.8 Å². The number of carboxylic acids is 2. The summed E-state index contributed by atoms with van der Waals surface area (Å²) >= 11 is 0. The Morgan fingerprint density at radius 1 is 1.00 bits per heavy atom. The number of rotatable bonds is 10. The van der Waals surface area contributed by atoms with E-state index in [2.05, 4.69) is 54.4 Å². The van der Waals surface area contributed by atoms with E-state index in [4.69, 9.17) is 10.2 Å². The molecule has 0 unspecified atom stereocenters. The molecule has 2 rings (SSSR count). The summed E-state index contributed by atoms with van der Waals surface area (Å²) in [4.78, 5) is 21.6. The van der Waals surface area contributed by atoms with Crippen molar-refractivity contribution in [2.75, 3.05) is 26.2 Å². The summed E-state index contributed by atoms with van der Waals surface area (Å²) in [5.41, 5.74) is 1.82. The second-order valence-electron chi connectivity index (χ2n) is 7.47. The van der Waals surface area contributed by atoms with Gasteiger partial charge in [-0.15, -0.1) is 0 Å². The van der Waals surface area contributed by atoms with E-state index in [1.54, 1.807) is 0 Å². The molecule has 1 aromatic carbocycles. The van der Waals surface area contributed by atoms with Crippen molar-refractivity contribution >= 4 is 11.9 Å². The van der Waals surface area contributed by atoms with Crippen LogP contribution in [0.3, 0.4) is 0 Å². The summed E-state index contributed by atoms with van der Waals surface area (Å²) in [6, 6.07) is 11.0. The first-order chi connectivity index (χ1) is 13.9. The summed E-state index contributed by atoms with van der Waals surface area (Å²) in [5, 5.41) is 19.6. The maximum atomic E-state index is 9.55. The third-order valence-electron chi connectivity index (χ3n) is 5.39. The lowest BCUT2D eigenvalue weighted by atomic mass is 9.77. The molecule has 1 saturated carbocycles. The number of carboxylic acid groups (broad SMARTS) is 2. The molecule has 0 bridgehead atoms. The van der Waals surface area contributed by atoms with Crippen LogP contribution in [0.1, 0.15) is 51.5 Å². The van der Waals surface area contributed by atoms with E-state index in [0.717, 1.165) is 19.6 Å². The molecule has 0 aromatic heterocycles.